The number of aliphatic imine (C=N–C) groups is 1. The summed E-state index contributed by atoms with van der Waals surface area (Å²) in [6.07, 6.45) is 1.96. The fraction of sp³-hybridized carbons (Fsp3) is 0.400. The topological polar surface area (TPSA) is 58.5 Å². The molecule has 4 nitrogen and oxygen atoms in total. The number of nitrogens with zero attached hydrogens (tertiary/aromatic N) is 1. The van der Waals surface area contributed by atoms with Gasteiger partial charge >= 0.3 is 0 Å². The molecule has 0 radical (unpaired) electrons. The van der Waals surface area contributed by atoms with Crippen molar-refractivity contribution in [2.45, 2.75) is 34.1 Å². The Morgan fingerprint density at radius 2 is 1.79 bits per heavy atom. The van der Waals surface area contributed by atoms with Gasteiger partial charge in [-0.3, -0.25) is 14.6 Å². The van der Waals surface area contributed by atoms with Crippen molar-refractivity contribution < 1.29 is 9.59 Å². The molecule has 1 N–H and O–H groups in total. The standard InChI is InChI=1S/C15H20N2O2/c1-11(18)17-13-7-5-12(6-8-13)16-10-9-14(19)15(2,3)4/h5-8,10H,9H2,1-4H3,(H,17,18). The van der Waals surface area contributed by atoms with Gasteiger partial charge in [-0.25, -0.2) is 0 Å². The predicted octanol–water partition coefficient (Wildman–Crippen LogP) is 3.35. The number of carbonyl (C=O) groups excluding carboxylic acids is 2. The molecule has 0 bridgehead atoms. The van der Waals surface area contributed by atoms with E-state index in [0.717, 1.165) is 11.4 Å². The highest BCUT2D eigenvalue weighted by Gasteiger charge is 2.19. The van der Waals surface area contributed by atoms with Crippen molar-refractivity contribution in [1.82, 2.24) is 0 Å². The summed E-state index contributed by atoms with van der Waals surface area (Å²) in [4.78, 5) is 26.8. The van der Waals surface area contributed by atoms with Crippen LogP contribution in [-0.4, -0.2) is 17.9 Å². The monoisotopic (exact) mass is 260 g/mol. The van der Waals surface area contributed by atoms with E-state index in [-0.39, 0.29) is 17.1 Å². The van der Waals surface area contributed by atoms with Gasteiger partial charge < -0.3 is 5.32 Å². The Morgan fingerprint density at radius 3 is 2.26 bits per heavy atom. The number of nitrogens with one attached hydrogen (secondary N) is 1. The largest absolute Gasteiger partial charge is 0.326 e. The zero-order valence-corrected chi connectivity index (χ0v) is 11.9. The SMILES string of the molecule is CC(=O)Nc1ccc(N=CCC(=O)C(C)(C)C)cc1. The second-order valence-electron chi connectivity index (χ2n) is 5.42. The Morgan fingerprint density at radius 1 is 1.21 bits per heavy atom. The molecule has 0 fully saturated rings. The van der Waals surface area contributed by atoms with Gasteiger partial charge in [0.05, 0.1) is 5.69 Å². The molecule has 102 valence electrons. The van der Waals surface area contributed by atoms with Crippen molar-refractivity contribution in [3.05, 3.63) is 24.3 Å². The van der Waals surface area contributed by atoms with Crippen LogP contribution in [0.1, 0.15) is 34.1 Å². The Hall–Kier alpha value is -1.97. The third kappa shape index (κ3) is 5.46. The van der Waals surface area contributed by atoms with E-state index in [1.165, 1.54) is 6.92 Å². The van der Waals surface area contributed by atoms with E-state index >= 15 is 0 Å². The van der Waals surface area contributed by atoms with E-state index in [2.05, 4.69) is 10.3 Å². The zero-order chi connectivity index (χ0) is 14.5. The molecule has 0 spiro atoms. The summed E-state index contributed by atoms with van der Waals surface area (Å²) < 4.78 is 0. The minimum atomic E-state index is -0.332. The number of benzene rings is 1. The van der Waals surface area contributed by atoms with Crippen LogP contribution < -0.4 is 5.32 Å². The van der Waals surface area contributed by atoms with E-state index < -0.39 is 0 Å². The summed E-state index contributed by atoms with van der Waals surface area (Å²) in [5.41, 5.74) is 1.16. The number of Topliss-reactive ketones (excluding diaryl/α,β-unsaturated/α-hetero) is 1. The minimum absolute atomic E-state index is 0.105. The van der Waals surface area contributed by atoms with Crippen molar-refractivity contribution in [2.24, 2.45) is 10.4 Å². The average molecular weight is 260 g/mol. The molecule has 0 aliphatic rings. The molecule has 0 aliphatic carbocycles. The lowest BCUT2D eigenvalue weighted by atomic mass is 9.89. The molecule has 4 heteroatoms. The summed E-state index contributed by atoms with van der Waals surface area (Å²) in [7, 11) is 0. The smallest absolute Gasteiger partial charge is 0.221 e. The molecule has 1 aromatic rings. The van der Waals surface area contributed by atoms with Crippen LogP contribution in [0, 0.1) is 5.41 Å². The maximum atomic E-state index is 11.7. The Labute approximate surface area is 113 Å². The molecule has 0 unspecified atom stereocenters. The maximum absolute atomic E-state index is 11.7. The van der Waals surface area contributed by atoms with Gasteiger partial charge in [-0.2, -0.15) is 0 Å². The number of carbonyl (C=O) groups is 2. The van der Waals surface area contributed by atoms with E-state index in [4.69, 9.17) is 0 Å². The Balaban J connectivity index is 2.58. The van der Waals surface area contributed by atoms with Gasteiger partial charge in [-0.15, -0.1) is 0 Å². The molecule has 1 amide bonds. The van der Waals surface area contributed by atoms with Crippen molar-refractivity contribution in [3.63, 3.8) is 0 Å². The van der Waals surface area contributed by atoms with Gasteiger partial charge in [-0.05, 0) is 24.3 Å². The highest BCUT2D eigenvalue weighted by atomic mass is 16.1. The van der Waals surface area contributed by atoms with E-state index in [1.54, 1.807) is 30.5 Å². The predicted molar refractivity (Wildman–Crippen MR) is 78.0 cm³/mol. The molecular weight excluding hydrogens is 240 g/mol. The minimum Gasteiger partial charge on any atom is -0.326 e. The molecule has 0 saturated heterocycles. The summed E-state index contributed by atoms with van der Waals surface area (Å²) in [6.45, 7) is 7.15. The van der Waals surface area contributed by atoms with E-state index in [1.807, 2.05) is 20.8 Å². The van der Waals surface area contributed by atoms with Crippen LogP contribution in [0.4, 0.5) is 11.4 Å². The van der Waals surface area contributed by atoms with Crippen LogP contribution in [0.5, 0.6) is 0 Å². The van der Waals surface area contributed by atoms with Crippen LogP contribution in [-0.2, 0) is 9.59 Å². The highest BCUT2D eigenvalue weighted by Crippen LogP contribution is 2.18. The van der Waals surface area contributed by atoms with Crippen LogP contribution in [0.3, 0.4) is 0 Å². The molecule has 0 saturated carbocycles. The summed E-state index contributed by atoms with van der Waals surface area (Å²) in [5.74, 6) is 0.0538. The molecule has 1 aromatic carbocycles. The molecule has 0 aromatic heterocycles. The lowest BCUT2D eigenvalue weighted by Crippen LogP contribution is -2.19. The number of anilines is 1. The van der Waals surface area contributed by atoms with Crippen LogP contribution in [0.2, 0.25) is 0 Å². The van der Waals surface area contributed by atoms with Gasteiger partial charge in [0.1, 0.15) is 5.78 Å². The van der Waals surface area contributed by atoms with Crippen LogP contribution in [0.15, 0.2) is 29.3 Å². The fourth-order valence-electron chi connectivity index (χ4n) is 1.37. The first-order valence-corrected chi connectivity index (χ1v) is 6.22. The molecule has 19 heavy (non-hydrogen) atoms. The number of ketones is 1. The van der Waals surface area contributed by atoms with Gasteiger partial charge in [-0.1, -0.05) is 20.8 Å². The Bertz CT molecular complexity index is 482. The second-order valence-corrected chi connectivity index (χ2v) is 5.42. The van der Waals surface area contributed by atoms with Crippen LogP contribution >= 0.6 is 0 Å². The molecule has 0 atom stereocenters. The molecule has 0 heterocycles. The van der Waals surface area contributed by atoms with Gasteiger partial charge in [0.25, 0.3) is 0 Å². The first kappa shape index (κ1) is 15.1. The molecule has 0 aliphatic heterocycles. The third-order valence-electron chi connectivity index (χ3n) is 2.54. The van der Waals surface area contributed by atoms with Crippen molar-refractivity contribution >= 4 is 29.3 Å². The second kappa shape index (κ2) is 6.27. The number of hydrogen-bond acceptors (Lipinski definition) is 3. The zero-order valence-electron chi connectivity index (χ0n) is 11.9. The van der Waals surface area contributed by atoms with Gasteiger partial charge in [0.2, 0.25) is 5.91 Å². The first-order valence-electron chi connectivity index (χ1n) is 6.22. The van der Waals surface area contributed by atoms with E-state index in [9.17, 15) is 9.59 Å². The quantitative estimate of drug-likeness (QED) is 0.844. The van der Waals surface area contributed by atoms with E-state index in [0.29, 0.717) is 6.42 Å². The van der Waals surface area contributed by atoms with Crippen molar-refractivity contribution in [1.29, 1.82) is 0 Å². The summed E-state index contributed by atoms with van der Waals surface area (Å²) >= 11 is 0. The number of hydrogen-bond donors (Lipinski definition) is 1. The van der Waals surface area contributed by atoms with Crippen LogP contribution in [0.25, 0.3) is 0 Å². The lowest BCUT2D eigenvalue weighted by Gasteiger charge is -2.14. The lowest BCUT2D eigenvalue weighted by molar-refractivity contribution is -0.125. The van der Waals surface area contributed by atoms with Crippen molar-refractivity contribution in [3.8, 4) is 0 Å². The summed E-state index contributed by atoms with van der Waals surface area (Å²) in [6, 6.07) is 7.14. The molecule has 1 rings (SSSR count). The van der Waals surface area contributed by atoms with Gasteiger partial charge in [0, 0.05) is 30.7 Å². The third-order valence-corrected chi connectivity index (χ3v) is 2.54. The molecular formula is C15H20N2O2. The number of rotatable bonds is 4. The first-order chi connectivity index (χ1) is 8.79. The Kier molecular flexibility index (Phi) is 4.98. The van der Waals surface area contributed by atoms with Crippen molar-refractivity contribution in [2.75, 3.05) is 5.32 Å². The normalized spacial score (nSPS) is 11.6. The number of amides is 1. The maximum Gasteiger partial charge on any atom is 0.221 e. The summed E-state index contributed by atoms with van der Waals surface area (Å²) in [5, 5.41) is 2.68. The van der Waals surface area contributed by atoms with Gasteiger partial charge in [0.15, 0.2) is 0 Å². The fourth-order valence-corrected chi connectivity index (χ4v) is 1.37. The average Bonchev–Trinajstić information content (AvgIpc) is 2.29. The highest BCUT2D eigenvalue weighted by molar-refractivity contribution is 5.95.